The lowest BCUT2D eigenvalue weighted by atomic mass is 9.96. The molecule has 1 aromatic rings. The van der Waals surface area contributed by atoms with E-state index in [9.17, 15) is 14.0 Å². The van der Waals surface area contributed by atoms with E-state index in [4.69, 9.17) is 5.11 Å². The Morgan fingerprint density at radius 1 is 1.40 bits per heavy atom. The number of rotatable bonds is 6. The Labute approximate surface area is 117 Å². The number of aliphatic carboxylic acids is 1. The summed E-state index contributed by atoms with van der Waals surface area (Å²) in [5.74, 6) is -1.82. The number of benzene rings is 1. The van der Waals surface area contributed by atoms with Crippen LogP contribution >= 0.6 is 0 Å². The molecule has 0 aliphatic heterocycles. The summed E-state index contributed by atoms with van der Waals surface area (Å²) in [7, 11) is 0. The maximum atomic E-state index is 13.7. The summed E-state index contributed by atoms with van der Waals surface area (Å²) in [5, 5.41) is 8.85. The molecular formula is C15H18FNO3. The van der Waals surface area contributed by atoms with Crippen molar-refractivity contribution in [3.8, 4) is 0 Å². The van der Waals surface area contributed by atoms with E-state index in [1.807, 2.05) is 0 Å². The molecular weight excluding hydrogens is 261 g/mol. The Kier molecular flexibility index (Phi) is 4.37. The number of carboxylic acids is 1. The largest absolute Gasteiger partial charge is 0.480 e. The van der Waals surface area contributed by atoms with Gasteiger partial charge in [0.2, 0.25) is 5.91 Å². The molecule has 1 N–H and O–H groups in total. The van der Waals surface area contributed by atoms with Crippen molar-refractivity contribution in [2.24, 2.45) is 0 Å². The van der Waals surface area contributed by atoms with Crippen molar-refractivity contribution in [3.63, 3.8) is 0 Å². The lowest BCUT2D eigenvalue weighted by molar-refractivity contribution is -0.145. The van der Waals surface area contributed by atoms with Gasteiger partial charge in [0.05, 0.1) is 0 Å². The van der Waals surface area contributed by atoms with E-state index in [1.165, 1.54) is 11.0 Å². The molecule has 0 bridgehead atoms. The second-order valence-electron chi connectivity index (χ2n) is 5.27. The highest BCUT2D eigenvalue weighted by atomic mass is 19.1. The number of carbonyl (C=O) groups is 2. The highest BCUT2D eigenvalue weighted by Crippen LogP contribution is 2.29. The summed E-state index contributed by atoms with van der Waals surface area (Å²) in [4.78, 5) is 24.4. The third kappa shape index (κ3) is 3.56. The van der Waals surface area contributed by atoms with E-state index in [2.05, 4.69) is 0 Å². The van der Waals surface area contributed by atoms with E-state index in [0.717, 1.165) is 12.8 Å². The Balaban J connectivity index is 2.02. The number of hydrogen-bond acceptors (Lipinski definition) is 2. The van der Waals surface area contributed by atoms with Gasteiger partial charge in [0.1, 0.15) is 12.4 Å². The summed E-state index contributed by atoms with van der Waals surface area (Å²) in [5.41, 5.74) is 0.493. The quantitative estimate of drug-likeness (QED) is 0.870. The molecule has 1 fully saturated rings. The van der Waals surface area contributed by atoms with Crippen LogP contribution in [0.2, 0.25) is 0 Å². The van der Waals surface area contributed by atoms with Crippen LogP contribution in [0.4, 0.5) is 4.39 Å². The first-order chi connectivity index (χ1) is 9.49. The second-order valence-corrected chi connectivity index (χ2v) is 5.27. The van der Waals surface area contributed by atoms with Crippen molar-refractivity contribution < 1.29 is 19.1 Å². The highest BCUT2D eigenvalue weighted by Gasteiger charge is 2.34. The first kappa shape index (κ1) is 14.5. The zero-order valence-electron chi connectivity index (χ0n) is 11.4. The molecule has 0 radical (unpaired) electrons. The van der Waals surface area contributed by atoms with Crippen molar-refractivity contribution in [1.29, 1.82) is 0 Å². The predicted molar refractivity (Wildman–Crippen MR) is 71.8 cm³/mol. The molecule has 2 rings (SSSR count). The lowest BCUT2D eigenvalue weighted by Crippen LogP contribution is -2.38. The third-order valence-corrected chi connectivity index (χ3v) is 3.53. The summed E-state index contributed by atoms with van der Waals surface area (Å²) in [6.45, 7) is 1.51. The Morgan fingerprint density at radius 2 is 2.05 bits per heavy atom. The molecule has 0 saturated heterocycles. The molecule has 0 aromatic heterocycles. The van der Waals surface area contributed by atoms with Crippen molar-refractivity contribution in [3.05, 3.63) is 35.6 Å². The standard InChI is InChI=1S/C15H18FNO3/c1-10(12-4-2-3-5-13(12)16)8-14(18)17(9-15(19)20)11-6-7-11/h2-5,10-11H,6-9H2,1H3,(H,19,20)/t10-/m1/s1. The normalized spacial score (nSPS) is 15.7. The molecule has 1 aliphatic carbocycles. The molecule has 4 nitrogen and oxygen atoms in total. The van der Waals surface area contributed by atoms with Crippen LogP contribution in [-0.2, 0) is 9.59 Å². The zero-order valence-corrected chi connectivity index (χ0v) is 11.4. The summed E-state index contributed by atoms with van der Waals surface area (Å²) in [6, 6.07) is 6.41. The van der Waals surface area contributed by atoms with Gasteiger partial charge in [0, 0.05) is 12.5 Å². The van der Waals surface area contributed by atoms with Gasteiger partial charge in [0.25, 0.3) is 0 Å². The monoisotopic (exact) mass is 279 g/mol. The minimum Gasteiger partial charge on any atom is -0.480 e. The highest BCUT2D eigenvalue weighted by molar-refractivity contribution is 5.82. The topological polar surface area (TPSA) is 57.6 Å². The van der Waals surface area contributed by atoms with Crippen LogP contribution < -0.4 is 0 Å². The predicted octanol–water partition coefficient (Wildman–Crippen LogP) is 2.39. The number of amides is 1. The molecule has 0 heterocycles. The lowest BCUT2D eigenvalue weighted by Gasteiger charge is -2.22. The molecule has 1 amide bonds. The van der Waals surface area contributed by atoms with Gasteiger partial charge in [-0.3, -0.25) is 9.59 Å². The second kappa shape index (κ2) is 6.03. The van der Waals surface area contributed by atoms with Crippen molar-refractivity contribution in [2.75, 3.05) is 6.54 Å². The Hall–Kier alpha value is -1.91. The average Bonchev–Trinajstić information content (AvgIpc) is 3.20. The molecule has 5 heteroatoms. The minimum absolute atomic E-state index is 0.0476. The van der Waals surface area contributed by atoms with Crippen molar-refractivity contribution >= 4 is 11.9 Å². The number of carbonyl (C=O) groups excluding carboxylic acids is 1. The van der Waals surface area contributed by atoms with Crippen LogP contribution in [0, 0.1) is 5.82 Å². The van der Waals surface area contributed by atoms with E-state index in [1.54, 1.807) is 25.1 Å². The van der Waals surface area contributed by atoms with Gasteiger partial charge < -0.3 is 10.0 Å². The van der Waals surface area contributed by atoms with E-state index in [-0.39, 0.29) is 36.6 Å². The molecule has 1 atom stereocenters. The van der Waals surface area contributed by atoms with Crippen LogP contribution in [-0.4, -0.2) is 34.5 Å². The van der Waals surface area contributed by atoms with Crippen LogP contribution in [0.15, 0.2) is 24.3 Å². The van der Waals surface area contributed by atoms with Crippen LogP contribution in [0.1, 0.15) is 37.7 Å². The Bertz CT molecular complexity index is 514. The first-order valence-electron chi connectivity index (χ1n) is 6.74. The van der Waals surface area contributed by atoms with Gasteiger partial charge in [-0.15, -0.1) is 0 Å². The van der Waals surface area contributed by atoms with Gasteiger partial charge in [-0.25, -0.2) is 4.39 Å². The average molecular weight is 279 g/mol. The zero-order chi connectivity index (χ0) is 14.7. The van der Waals surface area contributed by atoms with Gasteiger partial charge in [0.15, 0.2) is 0 Å². The Morgan fingerprint density at radius 3 is 2.60 bits per heavy atom. The van der Waals surface area contributed by atoms with E-state index >= 15 is 0 Å². The van der Waals surface area contributed by atoms with E-state index < -0.39 is 5.97 Å². The van der Waals surface area contributed by atoms with E-state index in [0.29, 0.717) is 5.56 Å². The van der Waals surface area contributed by atoms with Crippen LogP contribution in [0.3, 0.4) is 0 Å². The number of nitrogens with zero attached hydrogens (tertiary/aromatic N) is 1. The third-order valence-electron chi connectivity index (χ3n) is 3.53. The van der Waals surface area contributed by atoms with Gasteiger partial charge in [-0.05, 0) is 30.4 Å². The first-order valence-corrected chi connectivity index (χ1v) is 6.74. The minimum atomic E-state index is -1.01. The molecule has 1 aliphatic rings. The fourth-order valence-corrected chi connectivity index (χ4v) is 2.32. The summed E-state index contributed by atoms with van der Waals surface area (Å²) < 4.78 is 13.7. The smallest absolute Gasteiger partial charge is 0.323 e. The molecule has 1 aromatic carbocycles. The molecule has 1 saturated carbocycles. The van der Waals surface area contributed by atoms with Gasteiger partial charge in [-0.2, -0.15) is 0 Å². The summed E-state index contributed by atoms with van der Waals surface area (Å²) in [6.07, 6.45) is 1.84. The molecule has 20 heavy (non-hydrogen) atoms. The van der Waals surface area contributed by atoms with Gasteiger partial charge >= 0.3 is 5.97 Å². The molecule has 0 unspecified atom stereocenters. The van der Waals surface area contributed by atoms with Crippen molar-refractivity contribution in [1.82, 2.24) is 4.90 Å². The molecule has 108 valence electrons. The van der Waals surface area contributed by atoms with Crippen LogP contribution in [0.25, 0.3) is 0 Å². The summed E-state index contributed by atoms with van der Waals surface area (Å²) >= 11 is 0. The number of halogens is 1. The molecule has 0 spiro atoms. The number of hydrogen-bond donors (Lipinski definition) is 1. The number of carboxylic acid groups (broad SMARTS) is 1. The van der Waals surface area contributed by atoms with Crippen LogP contribution in [0.5, 0.6) is 0 Å². The maximum absolute atomic E-state index is 13.7. The maximum Gasteiger partial charge on any atom is 0.323 e. The fourth-order valence-electron chi connectivity index (χ4n) is 2.32. The fraction of sp³-hybridized carbons (Fsp3) is 0.467. The van der Waals surface area contributed by atoms with Crippen molar-refractivity contribution in [2.45, 2.75) is 38.1 Å². The SMILES string of the molecule is C[C@H](CC(=O)N(CC(=O)O)C1CC1)c1ccccc1F. The van der Waals surface area contributed by atoms with Gasteiger partial charge in [-0.1, -0.05) is 25.1 Å².